The SMILES string of the molecule is CO[C@H]1C[C@H](OCc2ccccc2)[C@H](O[C@H]2C[C@@](C)(NC(=O)C(F)(F)F)[C@@H](OC(C)=O)[C@H](C)O2)[C@H](C)O1. The molecule has 8 atom stereocenters. The first-order chi connectivity index (χ1) is 17.3. The summed E-state index contributed by atoms with van der Waals surface area (Å²) in [6.45, 7) is 6.10. The van der Waals surface area contributed by atoms with Crippen LogP contribution in [0.3, 0.4) is 0 Å². The average molecular weight is 534 g/mol. The molecular formula is C25H34F3NO8. The van der Waals surface area contributed by atoms with E-state index in [9.17, 15) is 22.8 Å². The molecule has 0 unspecified atom stereocenters. The normalized spacial score (nSPS) is 34.5. The summed E-state index contributed by atoms with van der Waals surface area (Å²) >= 11 is 0. The van der Waals surface area contributed by atoms with Crippen LogP contribution in [-0.2, 0) is 44.6 Å². The van der Waals surface area contributed by atoms with E-state index in [1.807, 2.05) is 35.6 Å². The molecule has 3 rings (SSSR count). The number of benzene rings is 1. The largest absolute Gasteiger partial charge is 0.471 e. The highest BCUT2D eigenvalue weighted by Gasteiger charge is 2.53. The lowest BCUT2D eigenvalue weighted by Gasteiger charge is -2.49. The molecule has 2 fully saturated rings. The van der Waals surface area contributed by atoms with E-state index in [4.69, 9.17) is 28.4 Å². The van der Waals surface area contributed by atoms with Crippen molar-refractivity contribution >= 4 is 11.9 Å². The van der Waals surface area contributed by atoms with E-state index >= 15 is 0 Å². The van der Waals surface area contributed by atoms with Crippen LogP contribution < -0.4 is 5.32 Å². The lowest BCUT2D eigenvalue weighted by Crippen LogP contribution is -2.67. The first kappa shape index (κ1) is 29.3. The molecule has 0 aliphatic carbocycles. The fraction of sp³-hybridized carbons (Fsp3) is 0.680. The van der Waals surface area contributed by atoms with Crippen LogP contribution in [0.4, 0.5) is 13.2 Å². The first-order valence-corrected chi connectivity index (χ1v) is 12.0. The Kier molecular flexibility index (Phi) is 9.57. The molecule has 2 saturated heterocycles. The minimum absolute atomic E-state index is 0.223. The fourth-order valence-electron chi connectivity index (χ4n) is 4.74. The Morgan fingerprint density at radius 3 is 2.35 bits per heavy atom. The van der Waals surface area contributed by atoms with Gasteiger partial charge in [0.05, 0.1) is 30.5 Å². The van der Waals surface area contributed by atoms with Crippen LogP contribution in [0.1, 0.15) is 46.1 Å². The van der Waals surface area contributed by atoms with Crippen molar-refractivity contribution in [1.29, 1.82) is 0 Å². The molecule has 1 aromatic rings. The second-order valence-corrected chi connectivity index (χ2v) is 9.55. The Hall–Kier alpha value is -2.25. The summed E-state index contributed by atoms with van der Waals surface area (Å²) in [6, 6.07) is 9.52. The maximum atomic E-state index is 13.1. The van der Waals surface area contributed by atoms with Crippen LogP contribution >= 0.6 is 0 Å². The van der Waals surface area contributed by atoms with Gasteiger partial charge in [-0.15, -0.1) is 0 Å². The van der Waals surface area contributed by atoms with Crippen LogP contribution in [0, 0.1) is 0 Å². The summed E-state index contributed by atoms with van der Waals surface area (Å²) in [6.07, 6.45) is -10.3. The van der Waals surface area contributed by atoms with E-state index in [1.54, 1.807) is 6.92 Å². The van der Waals surface area contributed by atoms with Gasteiger partial charge in [0.15, 0.2) is 18.7 Å². The van der Waals surface area contributed by atoms with Gasteiger partial charge in [0.25, 0.3) is 0 Å². The van der Waals surface area contributed by atoms with Crippen molar-refractivity contribution in [1.82, 2.24) is 5.32 Å². The molecular weight excluding hydrogens is 499 g/mol. The van der Waals surface area contributed by atoms with Crippen LogP contribution in [0.2, 0.25) is 0 Å². The highest BCUT2D eigenvalue weighted by molar-refractivity contribution is 5.82. The van der Waals surface area contributed by atoms with E-state index in [0.717, 1.165) is 12.5 Å². The van der Waals surface area contributed by atoms with Gasteiger partial charge in [-0.3, -0.25) is 9.59 Å². The number of carbonyl (C=O) groups excluding carboxylic acids is 2. The molecule has 208 valence electrons. The van der Waals surface area contributed by atoms with E-state index in [1.165, 1.54) is 21.0 Å². The molecule has 2 heterocycles. The predicted molar refractivity (Wildman–Crippen MR) is 123 cm³/mol. The molecule has 0 radical (unpaired) electrons. The summed E-state index contributed by atoms with van der Waals surface area (Å²) in [5.74, 6) is -2.87. The van der Waals surface area contributed by atoms with E-state index in [0.29, 0.717) is 13.0 Å². The van der Waals surface area contributed by atoms with Crippen molar-refractivity contribution in [3.05, 3.63) is 35.9 Å². The van der Waals surface area contributed by atoms with Crippen LogP contribution in [-0.4, -0.2) is 73.8 Å². The van der Waals surface area contributed by atoms with Gasteiger partial charge in [0.2, 0.25) is 0 Å². The number of hydrogen-bond donors (Lipinski definition) is 1. The highest BCUT2D eigenvalue weighted by atomic mass is 19.4. The zero-order valence-electron chi connectivity index (χ0n) is 21.4. The molecule has 1 amide bonds. The summed E-state index contributed by atoms with van der Waals surface area (Å²) in [7, 11) is 1.52. The molecule has 12 heteroatoms. The minimum Gasteiger partial charge on any atom is -0.457 e. The molecule has 0 saturated carbocycles. The molecule has 0 spiro atoms. The maximum Gasteiger partial charge on any atom is 0.471 e. The number of rotatable bonds is 8. The number of halogens is 3. The van der Waals surface area contributed by atoms with Gasteiger partial charge in [-0.05, 0) is 26.3 Å². The van der Waals surface area contributed by atoms with Gasteiger partial charge in [-0.25, -0.2) is 0 Å². The van der Waals surface area contributed by atoms with Gasteiger partial charge < -0.3 is 33.7 Å². The fourth-order valence-corrected chi connectivity index (χ4v) is 4.74. The van der Waals surface area contributed by atoms with Gasteiger partial charge in [0, 0.05) is 26.9 Å². The molecule has 2 aliphatic rings. The maximum absolute atomic E-state index is 13.1. The smallest absolute Gasteiger partial charge is 0.457 e. The second kappa shape index (κ2) is 12.1. The molecule has 0 bridgehead atoms. The number of esters is 1. The van der Waals surface area contributed by atoms with Crippen molar-refractivity contribution in [2.75, 3.05) is 7.11 Å². The zero-order chi connectivity index (χ0) is 27.4. The van der Waals surface area contributed by atoms with Crippen LogP contribution in [0.25, 0.3) is 0 Å². The Balaban J connectivity index is 1.79. The van der Waals surface area contributed by atoms with Gasteiger partial charge in [-0.1, -0.05) is 30.3 Å². The summed E-state index contributed by atoms with van der Waals surface area (Å²) in [4.78, 5) is 23.5. The van der Waals surface area contributed by atoms with E-state index < -0.39 is 66.7 Å². The first-order valence-electron chi connectivity index (χ1n) is 12.0. The Labute approximate surface area is 213 Å². The van der Waals surface area contributed by atoms with Crippen molar-refractivity contribution in [2.24, 2.45) is 0 Å². The quantitative estimate of drug-likeness (QED) is 0.509. The van der Waals surface area contributed by atoms with Crippen LogP contribution in [0.15, 0.2) is 30.3 Å². The zero-order valence-corrected chi connectivity index (χ0v) is 21.4. The van der Waals surface area contributed by atoms with Crippen molar-refractivity contribution in [3.8, 4) is 0 Å². The summed E-state index contributed by atoms with van der Waals surface area (Å²) in [5.41, 5.74) is -0.682. The van der Waals surface area contributed by atoms with Gasteiger partial charge in [-0.2, -0.15) is 13.2 Å². The Bertz CT molecular complexity index is 917. The standard InChI is InChI=1S/C25H34F3NO8/c1-14-21(18(11-19(32-5)34-14)33-13-17-9-7-6-8-10-17)37-20-12-24(4,29-23(31)25(26,27)28)22(15(2)35-20)36-16(3)30/h6-10,14-15,18-22H,11-13H2,1-5H3,(H,29,31)/t14-,15-,18-,19+,20-,21+,22-,24+/m0/s1. The third kappa shape index (κ3) is 7.64. The van der Waals surface area contributed by atoms with Crippen molar-refractivity contribution in [2.45, 2.75) is 102 Å². The molecule has 9 nitrogen and oxygen atoms in total. The number of carbonyl (C=O) groups is 2. The topological polar surface area (TPSA) is 102 Å². The minimum atomic E-state index is -5.13. The predicted octanol–water partition coefficient (Wildman–Crippen LogP) is 3.24. The lowest BCUT2D eigenvalue weighted by atomic mass is 9.84. The molecule has 0 aromatic heterocycles. The van der Waals surface area contributed by atoms with E-state index in [2.05, 4.69) is 0 Å². The number of methoxy groups -OCH3 is 1. The number of ether oxygens (including phenoxy) is 6. The van der Waals surface area contributed by atoms with Crippen LogP contribution in [0.5, 0.6) is 0 Å². The number of amides is 1. The molecule has 2 aliphatic heterocycles. The molecule has 1 aromatic carbocycles. The average Bonchev–Trinajstić information content (AvgIpc) is 2.81. The monoisotopic (exact) mass is 533 g/mol. The third-order valence-corrected chi connectivity index (χ3v) is 6.46. The molecule has 37 heavy (non-hydrogen) atoms. The Morgan fingerprint density at radius 2 is 1.76 bits per heavy atom. The van der Waals surface area contributed by atoms with E-state index in [-0.39, 0.29) is 6.42 Å². The molecule has 1 N–H and O–H groups in total. The highest BCUT2D eigenvalue weighted by Crippen LogP contribution is 2.36. The Morgan fingerprint density at radius 1 is 1.11 bits per heavy atom. The van der Waals surface area contributed by atoms with Gasteiger partial charge in [0.1, 0.15) is 6.10 Å². The third-order valence-electron chi connectivity index (χ3n) is 6.46. The summed E-state index contributed by atoms with van der Waals surface area (Å²) in [5, 5.41) is 1.99. The van der Waals surface area contributed by atoms with Crippen molar-refractivity contribution < 1.29 is 51.2 Å². The number of nitrogens with one attached hydrogen (secondary N) is 1. The number of alkyl halides is 3. The van der Waals surface area contributed by atoms with Gasteiger partial charge >= 0.3 is 18.1 Å². The summed E-state index contributed by atoms with van der Waals surface area (Å²) < 4.78 is 74.1. The number of hydrogen-bond acceptors (Lipinski definition) is 8. The van der Waals surface area contributed by atoms with Crippen molar-refractivity contribution in [3.63, 3.8) is 0 Å². The lowest BCUT2D eigenvalue weighted by molar-refractivity contribution is -0.313. The second-order valence-electron chi connectivity index (χ2n) is 9.55.